The van der Waals surface area contributed by atoms with E-state index in [0.29, 0.717) is 11.1 Å². The van der Waals surface area contributed by atoms with Crippen LogP contribution in [0.15, 0.2) is 83.3 Å². The van der Waals surface area contributed by atoms with E-state index in [9.17, 15) is 12.8 Å². The maximum Gasteiger partial charge on any atom is 0.269 e. The molecule has 0 radical (unpaired) electrons. The fraction of sp³-hybridized carbons (Fsp3) is 0.296. The van der Waals surface area contributed by atoms with Crippen molar-refractivity contribution in [3.05, 3.63) is 95.8 Å². The molecule has 0 saturated heterocycles. The molecule has 0 amide bonds. The highest BCUT2D eigenvalue weighted by Gasteiger charge is 2.58. The SMILES string of the molecule is C[C@H](CC1=NS(=O)(=O)C(C)(c2cccc(-c3ccccc3)c2)C(C)(C)O1)c1ccccc1F. The molecule has 1 aliphatic heterocycles. The molecule has 4 rings (SSSR count). The highest BCUT2D eigenvalue weighted by atomic mass is 32.2. The number of hydrogen-bond acceptors (Lipinski definition) is 3. The Balaban J connectivity index is 1.73. The van der Waals surface area contributed by atoms with Crippen molar-refractivity contribution in [3.8, 4) is 11.1 Å². The van der Waals surface area contributed by atoms with Crippen LogP contribution < -0.4 is 0 Å². The molecule has 0 fully saturated rings. The van der Waals surface area contributed by atoms with Crippen molar-refractivity contribution >= 4 is 15.9 Å². The van der Waals surface area contributed by atoms with Crippen LogP contribution in [0.1, 0.15) is 51.2 Å². The minimum atomic E-state index is -4.00. The second-order valence-corrected chi connectivity index (χ2v) is 11.1. The first-order valence-electron chi connectivity index (χ1n) is 11.0. The van der Waals surface area contributed by atoms with Gasteiger partial charge in [-0.05, 0) is 61.1 Å². The fourth-order valence-corrected chi connectivity index (χ4v) is 6.04. The number of benzene rings is 3. The first-order valence-corrected chi connectivity index (χ1v) is 12.4. The summed E-state index contributed by atoms with van der Waals surface area (Å²) >= 11 is 0. The summed E-state index contributed by atoms with van der Waals surface area (Å²) in [6.45, 7) is 7.03. The van der Waals surface area contributed by atoms with Gasteiger partial charge in [0.15, 0.2) is 4.75 Å². The van der Waals surface area contributed by atoms with Gasteiger partial charge in [0, 0.05) is 6.42 Å². The zero-order valence-electron chi connectivity index (χ0n) is 19.2. The summed E-state index contributed by atoms with van der Waals surface area (Å²) in [6, 6.07) is 23.8. The molecular formula is C27H28FNO3S. The molecule has 33 heavy (non-hydrogen) atoms. The molecule has 0 N–H and O–H groups in total. The predicted molar refractivity (Wildman–Crippen MR) is 130 cm³/mol. The molecule has 3 aromatic rings. The Hall–Kier alpha value is -2.99. The van der Waals surface area contributed by atoms with Crippen LogP contribution >= 0.6 is 0 Å². The first-order chi connectivity index (χ1) is 15.5. The summed E-state index contributed by atoms with van der Waals surface area (Å²) in [5.41, 5.74) is 1.93. The Morgan fingerprint density at radius 1 is 0.909 bits per heavy atom. The topological polar surface area (TPSA) is 55.7 Å². The zero-order chi connectivity index (χ0) is 23.9. The van der Waals surface area contributed by atoms with Gasteiger partial charge >= 0.3 is 0 Å². The van der Waals surface area contributed by atoms with E-state index in [0.717, 1.165) is 11.1 Å². The van der Waals surface area contributed by atoms with Gasteiger partial charge in [0.1, 0.15) is 11.4 Å². The highest BCUT2D eigenvalue weighted by Crippen LogP contribution is 2.47. The lowest BCUT2D eigenvalue weighted by molar-refractivity contribution is 0.0428. The monoisotopic (exact) mass is 465 g/mol. The average Bonchev–Trinajstić information content (AvgIpc) is 2.78. The van der Waals surface area contributed by atoms with Gasteiger partial charge in [0.2, 0.25) is 5.90 Å². The Morgan fingerprint density at radius 3 is 2.21 bits per heavy atom. The standard InChI is InChI=1S/C27H28FNO3S/c1-19(23-15-8-9-16-24(23)28)17-25-29-33(30,31)27(4,26(2,3)32-25)22-14-10-13-21(18-22)20-11-6-5-7-12-20/h5-16,18-19H,17H2,1-4H3/t19-,27?/m1/s1. The lowest BCUT2D eigenvalue weighted by atomic mass is 9.83. The normalized spacial score (nSPS) is 22.2. The Kier molecular flexibility index (Phi) is 5.91. The van der Waals surface area contributed by atoms with Crippen LogP contribution in [0.4, 0.5) is 4.39 Å². The molecule has 0 spiro atoms. The predicted octanol–water partition coefficient (Wildman–Crippen LogP) is 6.44. The quantitative estimate of drug-likeness (QED) is 0.436. The van der Waals surface area contributed by atoms with E-state index in [1.165, 1.54) is 6.07 Å². The van der Waals surface area contributed by atoms with Crippen molar-refractivity contribution < 1.29 is 17.5 Å². The van der Waals surface area contributed by atoms with Crippen LogP contribution in [0.25, 0.3) is 11.1 Å². The Bertz CT molecular complexity index is 1300. The van der Waals surface area contributed by atoms with Crippen molar-refractivity contribution in [2.45, 2.75) is 50.4 Å². The van der Waals surface area contributed by atoms with Crippen LogP contribution in [-0.4, -0.2) is 19.9 Å². The molecule has 1 heterocycles. The minimum absolute atomic E-state index is 0.104. The molecule has 6 heteroatoms. The van der Waals surface area contributed by atoms with Crippen LogP contribution in [0.5, 0.6) is 0 Å². The number of sulfonamides is 1. The third kappa shape index (κ3) is 4.08. The summed E-state index contributed by atoms with van der Waals surface area (Å²) in [4.78, 5) is 0. The molecule has 3 aromatic carbocycles. The van der Waals surface area contributed by atoms with Crippen molar-refractivity contribution in [2.75, 3.05) is 0 Å². The molecule has 2 atom stereocenters. The molecule has 0 aromatic heterocycles. The van der Waals surface area contributed by atoms with Gasteiger partial charge in [0.25, 0.3) is 10.0 Å². The second-order valence-electron chi connectivity index (χ2n) is 9.18. The highest BCUT2D eigenvalue weighted by molar-refractivity contribution is 7.91. The lowest BCUT2D eigenvalue weighted by Crippen LogP contribution is -2.55. The maximum absolute atomic E-state index is 14.2. The van der Waals surface area contributed by atoms with Gasteiger partial charge in [-0.2, -0.15) is 0 Å². The fourth-order valence-electron chi connectivity index (χ4n) is 4.39. The van der Waals surface area contributed by atoms with Gasteiger partial charge < -0.3 is 4.74 Å². The summed E-state index contributed by atoms with van der Waals surface area (Å²) in [5, 5.41) is 0. The molecule has 1 unspecified atom stereocenters. The van der Waals surface area contributed by atoms with Gasteiger partial charge in [-0.15, -0.1) is 4.40 Å². The molecule has 1 aliphatic rings. The number of nitrogens with zero attached hydrogens (tertiary/aromatic N) is 1. The van der Waals surface area contributed by atoms with Crippen LogP contribution in [0.2, 0.25) is 0 Å². The van der Waals surface area contributed by atoms with E-state index in [4.69, 9.17) is 4.74 Å². The number of ether oxygens (including phenoxy) is 1. The summed E-state index contributed by atoms with van der Waals surface area (Å²) in [6.07, 6.45) is 0.184. The molecule has 0 bridgehead atoms. The molecular weight excluding hydrogens is 437 g/mol. The van der Waals surface area contributed by atoms with E-state index in [1.54, 1.807) is 45.0 Å². The van der Waals surface area contributed by atoms with E-state index in [2.05, 4.69) is 4.40 Å². The minimum Gasteiger partial charge on any atom is -0.472 e. The molecule has 172 valence electrons. The third-order valence-corrected chi connectivity index (χ3v) is 8.90. The number of halogens is 1. The van der Waals surface area contributed by atoms with Crippen molar-refractivity contribution in [1.82, 2.24) is 0 Å². The van der Waals surface area contributed by atoms with Gasteiger partial charge in [-0.1, -0.05) is 73.7 Å². The van der Waals surface area contributed by atoms with E-state index >= 15 is 0 Å². The van der Waals surface area contributed by atoms with Gasteiger partial charge in [-0.3, -0.25) is 0 Å². The summed E-state index contributed by atoms with van der Waals surface area (Å²) in [5.74, 6) is -0.514. The first kappa shape index (κ1) is 23.2. The van der Waals surface area contributed by atoms with Crippen LogP contribution in [0, 0.1) is 5.82 Å². The van der Waals surface area contributed by atoms with E-state index < -0.39 is 20.4 Å². The molecule has 0 aliphatic carbocycles. The smallest absolute Gasteiger partial charge is 0.269 e. The maximum atomic E-state index is 14.2. The average molecular weight is 466 g/mol. The Labute approximate surface area is 195 Å². The summed E-state index contributed by atoms with van der Waals surface area (Å²) in [7, 11) is -4.00. The van der Waals surface area contributed by atoms with Crippen LogP contribution in [0.3, 0.4) is 0 Å². The zero-order valence-corrected chi connectivity index (χ0v) is 20.1. The van der Waals surface area contributed by atoms with Crippen molar-refractivity contribution in [3.63, 3.8) is 0 Å². The van der Waals surface area contributed by atoms with Crippen molar-refractivity contribution in [2.24, 2.45) is 4.40 Å². The number of hydrogen-bond donors (Lipinski definition) is 0. The summed E-state index contributed by atoms with van der Waals surface area (Å²) < 4.78 is 50.3. The Morgan fingerprint density at radius 2 is 1.55 bits per heavy atom. The second kappa shape index (κ2) is 8.41. The van der Waals surface area contributed by atoms with E-state index in [-0.39, 0.29) is 24.1 Å². The van der Waals surface area contributed by atoms with Gasteiger partial charge in [-0.25, -0.2) is 12.8 Å². The van der Waals surface area contributed by atoms with Gasteiger partial charge in [0.05, 0.1) is 0 Å². The largest absolute Gasteiger partial charge is 0.472 e. The number of rotatable bonds is 5. The lowest BCUT2D eigenvalue weighted by Gasteiger charge is -2.45. The molecule has 0 saturated carbocycles. The third-order valence-electron chi connectivity index (χ3n) is 6.70. The van der Waals surface area contributed by atoms with Crippen molar-refractivity contribution in [1.29, 1.82) is 0 Å². The van der Waals surface area contributed by atoms with Crippen LogP contribution in [-0.2, 0) is 19.5 Å². The van der Waals surface area contributed by atoms with E-state index in [1.807, 2.05) is 55.5 Å². The molecule has 4 nitrogen and oxygen atoms in total.